The summed E-state index contributed by atoms with van der Waals surface area (Å²) < 4.78 is 17.8. The van der Waals surface area contributed by atoms with E-state index >= 15 is 0 Å². The van der Waals surface area contributed by atoms with Crippen molar-refractivity contribution in [2.24, 2.45) is 5.92 Å². The summed E-state index contributed by atoms with van der Waals surface area (Å²) in [5.74, 6) is -0.867. The zero-order valence-electron chi connectivity index (χ0n) is 46.5. The van der Waals surface area contributed by atoms with E-state index in [1.54, 1.807) is 16.2 Å². The quantitative estimate of drug-likeness (QED) is 0.0534. The first kappa shape index (κ1) is 56.5. The molecule has 2 fully saturated rings. The molecule has 0 radical (unpaired) electrons. The molecule has 0 bridgehead atoms. The lowest BCUT2D eigenvalue weighted by molar-refractivity contribution is -0.143. The molecule has 4 amide bonds. The number of aliphatic hydroxyl groups is 1. The Labute approximate surface area is 466 Å². The van der Waals surface area contributed by atoms with Gasteiger partial charge in [0.25, 0.3) is 17.4 Å². The molecule has 3 aliphatic heterocycles. The second-order valence-electron chi connectivity index (χ2n) is 21.5. The summed E-state index contributed by atoms with van der Waals surface area (Å²) in [5.41, 5.74) is 12.9. The number of aromatic amines is 1. The van der Waals surface area contributed by atoms with Gasteiger partial charge < -0.3 is 49.6 Å². The van der Waals surface area contributed by atoms with Gasteiger partial charge in [-0.25, -0.2) is 4.98 Å². The number of thiazole rings is 1. The molecular weight excluding hydrogens is 1020 g/mol. The van der Waals surface area contributed by atoms with Crippen LogP contribution in [0.2, 0.25) is 0 Å². The van der Waals surface area contributed by atoms with Gasteiger partial charge in [-0.3, -0.25) is 24.0 Å². The number of aromatic nitrogens is 2. The van der Waals surface area contributed by atoms with Crippen LogP contribution in [0.5, 0.6) is 5.75 Å². The van der Waals surface area contributed by atoms with E-state index in [9.17, 15) is 29.1 Å². The third-order valence-corrected chi connectivity index (χ3v) is 16.6. The number of β-amino-alcohol motifs (C(OH)–C–C–N with tert-alkyl or cyclic N) is 1. The number of nitrogens with one attached hydrogen (secondary N) is 3. The van der Waals surface area contributed by atoms with Crippen LogP contribution < -0.4 is 25.8 Å². The Balaban J connectivity index is 0.799. The predicted octanol–water partition coefficient (Wildman–Crippen LogP) is 8.75. The monoisotopic (exact) mass is 1090 g/mol. The first-order chi connectivity index (χ1) is 38.0. The number of carbonyl (C=O) groups excluding carboxylic acids is 4. The summed E-state index contributed by atoms with van der Waals surface area (Å²) in [6.45, 7) is 18.8. The minimum absolute atomic E-state index is 0.00338. The molecule has 1 unspecified atom stereocenters. The van der Waals surface area contributed by atoms with Gasteiger partial charge in [0.1, 0.15) is 24.4 Å². The minimum atomic E-state index is -0.894. The molecule has 6 aromatic rings. The summed E-state index contributed by atoms with van der Waals surface area (Å²) in [4.78, 5) is 83.1. The van der Waals surface area contributed by atoms with Crippen molar-refractivity contribution in [3.8, 4) is 27.3 Å². The molecule has 3 aliphatic rings. The lowest BCUT2D eigenvalue weighted by Gasteiger charge is -2.37. The lowest BCUT2D eigenvalue weighted by Crippen LogP contribution is -2.55. The first-order valence-corrected chi connectivity index (χ1v) is 28.4. The van der Waals surface area contributed by atoms with Crippen molar-refractivity contribution in [2.75, 3.05) is 44.4 Å². The Kier molecular flexibility index (Phi) is 17.8. The van der Waals surface area contributed by atoms with Crippen molar-refractivity contribution in [3.63, 3.8) is 0 Å². The highest BCUT2D eigenvalue weighted by Crippen LogP contribution is 2.36. The highest BCUT2D eigenvalue weighted by Gasteiger charge is 2.46. The number of amides is 4. The number of rotatable bonds is 20. The van der Waals surface area contributed by atoms with E-state index in [0.29, 0.717) is 35.7 Å². The maximum Gasteiger partial charge on any atom is 0.255 e. The Bertz CT molecular complexity index is 3240. The van der Waals surface area contributed by atoms with E-state index in [4.69, 9.17) is 14.2 Å². The summed E-state index contributed by atoms with van der Waals surface area (Å²) in [5, 5.41) is 16.9. The fourth-order valence-electron chi connectivity index (χ4n) is 11.4. The number of anilines is 1. The number of nitrogens with zero attached hydrogens (tertiary/aromatic N) is 4. The van der Waals surface area contributed by atoms with Crippen LogP contribution in [0.3, 0.4) is 0 Å². The molecule has 79 heavy (non-hydrogen) atoms. The summed E-state index contributed by atoms with van der Waals surface area (Å²) in [6.07, 6.45) is 1.01. The number of benzene rings is 4. The third kappa shape index (κ3) is 12.7. The largest absolute Gasteiger partial charge is 0.491 e. The van der Waals surface area contributed by atoms with Gasteiger partial charge in [0, 0.05) is 79.9 Å². The molecule has 2 aromatic heterocycles. The van der Waals surface area contributed by atoms with Crippen molar-refractivity contribution in [1.82, 2.24) is 30.4 Å². The van der Waals surface area contributed by atoms with Gasteiger partial charge in [-0.1, -0.05) is 62.4 Å². The fraction of sp³-hybridized carbons (Fsp3) is 0.419. The Morgan fingerprint density at radius 2 is 1.65 bits per heavy atom. The first-order valence-electron chi connectivity index (χ1n) is 27.5. The normalized spacial score (nSPS) is 17.2. The second kappa shape index (κ2) is 24.9. The van der Waals surface area contributed by atoms with Gasteiger partial charge in [0.15, 0.2) is 0 Å². The minimum Gasteiger partial charge on any atom is -0.491 e. The SMILES string of the molecule is CCN(c1cc(-c2ccc(OCCOCc3ccc4c(c3)C(=O)N(C(C(=O)N3C[C@H](O)C[C@H]3C(=O)N[C@@H](C)c3ccc(-c5scnc5C)cc3)C(C)C)C4)cc2)cc(C(=O)NCc2c(C)cc(C)[nH]c2=O)c1C)C1CCOCC1. The van der Waals surface area contributed by atoms with Crippen LogP contribution in [0.4, 0.5) is 5.69 Å². The van der Waals surface area contributed by atoms with Crippen LogP contribution in [0.25, 0.3) is 21.6 Å². The number of pyridine rings is 1. The van der Waals surface area contributed by atoms with Gasteiger partial charge in [0.05, 0.1) is 41.4 Å². The highest BCUT2D eigenvalue weighted by molar-refractivity contribution is 7.13. The smallest absolute Gasteiger partial charge is 0.255 e. The number of ether oxygens (including phenoxy) is 3. The third-order valence-electron chi connectivity index (χ3n) is 15.6. The fourth-order valence-corrected chi connectivity index (χ4v) is 12.2. The lowest BCUT2D eigenvalue weighted by atomic mass is 9.95. The van der Waals surface area contributed by atoms with Crippen LogP contribution in [-0.2, 0) is 38.8 Å². The number of hydrogen-bond acceptors (Lipinski definition) is 12. The van der Waals surface area contributed by atoms with Crippen molar-refractivity contribution in [1.29, 1.82) is 0 Å². The van der Waals surface area contributed by atoms with Crippen molar-refractivity contribution < 1.29 is 38.5 Å². The molecule has 5 heterocycles. The molecule has 0 spiro atoms. The average molecular weight is 1090 g/mol. The standard InChI is InChI=1S/C62H73N7O9S/c1-9-67(48-20-22-76-23-21-48)54-29-47(28-51(39(54)6)58(71)63-31-53-37(4)26-38(5)65-59(53)72)44-16-18-50(19-17-44)78-25-24-77-34-42-10-11-46-32-69(61(74)52(46)27-42)56(36(2)3)62(75)68-33-49(70)30-55(68)60(73)66-40(7)43-12-14-45(15-13-43)57-41(8)64-35-79-57/h10-19,26-29,35-36,40,48-49,55-56,70H,9,20-25,30-34H2,1-8H3,(H,63,71)(H,65,72)(H,66,73)/t40-,49+,55-,56?/m0/s1. The number of hydrogen-bond donors (Lipinski definition) is 4. The van der Waals surface area contributed by atoms with Crippen LogP contribution in [-0.4, -0.2) is 112 Å². The average Bonchev–Trinajstić information content (AvgIpc) is 4.19. The van der Waals surface area contributed by atoms with Gasteiger partial charge >= 0.3 is 0 Å². The maximum atomic E-state index is 14.5. The van der Waals surface area contributed by atoms with Crippen LogP contribution in [0.15, 0.2) is 95.2 Å². The topological polar surface area (TPSA) is 196 Å². The van der Waals surface area contributed by atoms with E-state index < -0.39 is 18.2 Å². The van der Waals surface area contributed by atoms with Gasteiger partial charge in [-0.2, -0.15) is 0 Å². The molecule has 2 saturated heterocycles. The van der Waals surface area contributed by atoms with E-state index in [1.807, 2.05) is 133 Å². The van der Waals surface area contributed by atoms with Gasteiger partial charge in [-0.15, -0.1) is 11.3 Å². The number of fused-ring (bicyclic) bond motifs is 1. The number of carbonyl (C=O) groups is 4. The zero-order chi connectivity index (χ0) is 56.1. The van der Waals surface area contributed by atoms with Crippen molar-refractivity contribution in [2.45, 2.75) is 125 Å². The maximum absolute atomic E-state index is 14.5. The van der Waals surface area contributed by atoms with E-state index in [-0.39, 0.29) is 93.1 Å². The molecule has 416 valence electrons. The molecule has 16 nitrogen and oxygen atoms in total. The number of aliphatic hydroxyl groups excluding tert-OH is 1. The zero-order valence-corrected chi connectivity index (χ0v) is 47.3. The van der Waals surface area contributed by atoms with E-state index in [1.165, 1.54) is 4.90 Å². The van der Waals surface area contributed by atoms with E-state index in [2.05, 4.69) is 38.5 Å². The highest BCUT2D eigenvalue weighted by atomic mass is 32.1. The second-order valence-corrected chi connectivity index (χ2v) is 22.3. The Morgan fingerprint density at radius 1 is 0.911 bits per heavy atom. The summed E-state index contributed by atoms with van der Waals surface area (Å²) >= 11 is 1.58. The molecule has 9 rings (SSSR count). The van der Waals surface area contributed by atoms with Crippen LogP contribution in [0.1, 0.15) is 118 Å². The Hall–Kier alpha value is -7.18. The summed E-state index contributed by atoms with van der Waals surface area (Å²) in [7, 11) is 0. The molecule has 0 saturated carbocycles. The van der Waals surface area contributed by atoms with Crippen molar-refractivity contribution in [3.05, 3.63) is 157 Å². The Morgan fingerprint density at radius 3 is 2.33 bits per heavy atom. The number of likely N-dealkylation sites (tertiary alicyclic amines) is 1. The number of aryl methyl sites for hydroxylation is 3. The van der Waals surface area contributed by atoms with Crippen LogP contribution >= 0.6 is 11.3 Å². The van der Waals surface area contributed by atoms with Crippen LogP contribution in [0, 0.1) is 33.6 Å². The number of H-pyrrole nitrogens is 1. The molecule has 4 N–H and O–H groups in total. The van der Waals surface area contributed by atoms with Crippen molar-refractivity contribution >= 4 is 40.7 Å². The predicted molar refractivity (Wildman–Crippen MR) is 306 cm³/mol. The van der Waals surface area contributed by atoms with E-state index in [0.717, 1.165) is 85.8 Å². The van der Waals surface area contributed by atoms with Gasteiger partial charge in [0.2, 0.25) is 11.8 Å². The molecule has 4 atom stereocenters. The molecule has 17 heteroatoms. The molecular formula is C62H73N7O9S. The molecule has 4 aromatic carbocycles. The summed E-state index contributed by atoms with van der Waals surface area (Å²) in [6, 6.07) is 25.5. The molecule has 0 aliphatic carbocycles. The van der Waals surface area contributed by atoms with Gasteiger partial charge in [-0.05, 0) is 141 Å².